The van der Waals surface area contributed by atoms with Crippen LogP contribution in [0.2, 0.25) is 0 Å². The average molecular weight is 157 g/mol. The highest BCUT2D eigenvalue weighted by molar-refractivity contribution is 7.14. The molecule has 0 saturated heterocycles. The number of hydrogen-bond acceptors (Lipinski definition) is 3. The van der Waals surface area contributed by atoms with E-state index in [9.17, 15) is 4.79 Å². The second kappa shape index (κ2) is 2.30. The maximum atomic E-state index is 10.5. The van der Waals surface area contributed by atoms with E-state index in [0.717, 1.165) is 4.88 Å². The molecule has 0 aromatic carbocycles. The Bertz CT molecular complexity index is 267. The van der Waals surface area contributed by atoms with Crippen LogP contribution in [0.15, 0.2) is 6.07 Å². The molecule has 0 fully saturated rings. The Morgan fingerprint density at radius 1 is 1.80 bits per heavy atom. The summed E-state index contributed by atoms with van der Waals surface area (Å²) in [6.45, 7) is 1.80. The van der Waals surface area contributed by atoms with Crippen molar-refractivity contribution in [1.29, 1.82) is 0 Å². The first-order valence-corrected chi connectivity index (χ1v) is 3.52. The molecule has 0 unspecified atom stereocenters. The molecule has 0 bridgehead atoms. The molecule has 3 N–H and O–H groups in total. The summed E-state index contributed by atoms with van der Waals surface area (Å²) in [7, 11) is 0. The Morgan fingerprint density at radius 3 is 2.60 bits per heavy atom. The number of rotatable bonds is 1. The van der Waals surface area contributed by atoms with Gasteiger partial charge in [0.25, 0.3) is 5.91 Å². The van der Waals surface area contributed by atoms with E-state index in [4.69, 9.17) is 10.8 Å². The Kier molecular flexibility index (Phi) is 1.63. The van der Waals surface area contributed by atoms with Gasteiger partial charge in [0.15, 0.2) is 0 Å². The number of carbonyl (C=O) groups excluding carboxylic acids is 1. The quantitative estimate of drug-likeness (QED) is 0.635. The molecule has 0 radical (unpaired) electrons. The molecule has 54 valence electrons. The van der Waals surface area contributed by atoms with Crippen molar-refractivity contribution < 1.29 is 9.90 Å². The van der Waals surface area contributed by atoms with Gasteiger partial charge in [0.05, 0.1) is 0 Å². The smallest absolute Gasteiger partial charge is 0.262 e. The van der Waals surface area contributed by atoms with Crippen molar-refractivity contribution >= 4 is 17.2 Å². The van der Waals surface area contributed by atoms with E-state index in [2.05, 4.69) is 0 Å². The monoisotopic (exact) mass is 157 g/mol. The van der Waals surface area contributed by atoms with Crippen LogP contribution in [0.3, 0.4) is 0 Å². The van der Waals surface area contributed by atoms with Gasteiger partial charge in [-0.3, -0.25) is 4.79 Å². The highest BCUT2D eigenvalue weighted by Gasteiger charge is 2.09. The summed E-state index contributed by atoms with van der Waals surface area (Å²) < 4.78 is 0. The van der Waals surface area contributed by atoms with Gasteiger partial charge < -0.3 is 10.8 Å². The third kappa shape index (κ3) is 1.11. The lowest BCUT2D eigenvalue weighted by atomic mass is 10.4. The summed E-state index contributed by atoms with van der Waals surface area (Å²) in [6, 6.07) is 1.52. The van der Waals surface area contributed by atoms with E-state index in [1.807, 2.05) is 0 Å². The molecule has 1 aromatic heterocycles. The Labute approximate surface area is 62.1 Å². The number of nitrogens with two attached hydrogens (primary N) is 1. The van der Waals surface area contributed by atoms with Crippen molar-refractivity contribution in [2.45, 2.75) is 6.92 Å². The van der Waals surface area contributed by atoms with Gasteiger partial charge in [-0.1, -0.05) is 0 Å². The Morgan fingerprint density at radius 2 is 2.40 bits per heavy atom. The van der Waals surface area contributed by atoms with Gasteiger partial charge in [-0.25, -0.2) is 0 Å². The zero-order chi connectivity index (χ0) is 7.72. The molecule has 1 heterocycles. The van der Waals surface area contributed by atoms with E-state index in [1.165, 1.54) is 17.4 Å². The van der Waals surface area contributed by atoms with Gasteiger partial charge in [0.2, 0.25) is 0 Å². The second-order valence-electron chi connectivity index (χ2n) is 1.94. The first kappa shape index (κ1) is 7.08. The molecule has 0 aliphatic carbocycles. The number of carbonyl (C=O) groups is 1. The highest BCUT2D eigenvalue weighted by Crippen LogP contribution is 2.26. The SMILES string of the molecule is Cc1cc(O)c(C(N)=O)s1. The molecule has 0 saturated carbocycles. The number of aryl methyl sites for hydroxylation is 1. The fourth-order valence-corrected chi connectivity index (χ4v) is 1.43. The first-order chi connectivity index (χ1) is 4.61. The van der Waals surface area contributed by atoms with Crippen LogP contribution >= 0.6 is 11.3 Å². The first-order valence-electron chi connectivity index (χ1n) is 2.70. The van der Waals surface area contributed by atoms with E-state index in [-0.39, 0.29) is 10.6 Å². The van der Waals surface area contributed by atoms with Crippen molar-refractivity contribution in [3.05, 3.63) is 15.8 Å². The molecule has 0 aliphatic rings. The van der Waals surface area contributed by atoms with E-state index in [0.29, 0.717) is 0 Å². The average Bonchev–Trinajstić information content (AvgIpc) is 2.10. The highest BCUT2D eigenvalue weighted by atomic mass is 32.1. The predicted octanol–water partition coefficient (Wildman–Crippen LogP) is 0.861. The minimum Gasteiger partial charge on any atom is -0.506 e. The summed E-state index contributed by atoms with van der Waals surface area (Å²) in [5, 5.41) is 9.01. The number of amides is 1. The van der Waals surface area contributed by atoms with Crippen molar-refractivity contribution in [3.63, 3.8) is 0 Å². The van der Waals surface area contributed by atoms with Gasteiger partial charge in [-0.2, -0.15) is 0 Å². The van der Waals surface area contributed by atoms with Gasteiger partial charge >= 0.3 is 0 Å². The number of hydrogen-bond donors (Lipinski definition) is 2. The lowest BCUT2D eigenvalue weighted by molar-refractivity contribution is 0.100. The summed E-state index contributed by atoms with van der Waals surface area (Å²) in [5.41, 5.74) is 4.94. The van der Waals surface area contributed by atoms with Gasteiger partial charge in [-0.05, 0) is 13.0 Å². The fourth-order valence-electron chi connectivity index (χ4n) is 0.677. The third-order valence-electron chi connectivity index (χ3n) is 1.06. The van der Waals surface area contributed by atoms with Crippen LogP contribution in [0.1, 0.15) is 14.5 Å². The van der Waals surface area contributed by atoms with Crippen LogP contribution in [0.4, 0.5) is 0 Å². The molecular formula is C6H7NO2S. The zero-order valence-electron chi connectivity index (χ0n) is 5.42. The van der Waals surface area contributed by atoms with Crippen molar-refractivity contribution in [3.8, 4) is 5.75 Å². The number of aromatic hydroxyl groups is 1. The van der Waals surface area contributed by atoms with Crippen LogP contribution in [-0.4, -0.2) is 11.0 Å². The minimum atomic E-state index is -0.574. The number of primary amides is 1. The van der Waals surface area contributed by atoms with Crippen molar-refractivity contribution in [2.24, 2.45) is 5.73 Å². The largest absolute Gasteiger partial charge is 0.506 e. The summed E-state index contributed by atoms with van der Waals surface area (Å²) >= 11 is 1.20. The maximum Gasteiger partial charge on any atom is 0.262 e. The molecule has 3 nitrogen and oxygen atoms in total. The predicted molar refractivity (Wildman–Crippen MR) is 39.2 cm³/mol. The van der Waals surface area contributed by atoms with Gasteiger partial charge in [0.1, 0.15) is 10.6 Å². The maximum absolute atomic E-state index is 10.5. The van der Waals surface area contributed by atoms with Crippen LogP contribution in [-0.2, 0) is 0 Å². The molecule has 1 amide bonds. The van der Waals surface area contributed by atoms with E-state index >= 15 is 0 Å². The normalized spacial score (nSPS) is 9.70. The fraction of sp³-hybridized carbons (Fsp3) is 0.167. The summed E-state index contributed by atoms with van der Waals surface area (Å²) in [6.07, 6.45) is 0. The van der Waals surface area contributed by atoms with Crippen molar-refractivity contribution in [2.75, 3.05) is 0 Å². The zero-order valence-corrected chi connectivity index (χ0v) is 6.23. The molecular weight excluding hydrogens is 150 g/mol. The second-order valence-corrected chi connectivity index (χ2v) is 3.19. The molecule has 1 rings (SSSR count). The molecule has 4 heteroatoms. The topological polar surface area (TPSA) is 63.3 Å². The van der Waals surface area contributed by atoms with Crippen molar-refractivity contribution in [1.82, 2.24) is 0 Å². The molecule has 0 atom stereocenters. The lowest BCUT2D eigenvalue weighted by Gasteiger charge is -1.86. The van der Waals surface area contributed by atoms with Gasteiger partial charge in [-0.15, -0.1) is 11.3 Å². The van der Waals surface area contributed by atoms with E-state index < -0.39 is 5.91 Å². The number of thiophene rings is 1. The minimum absolute atomic E-state index is 0.0185. The molecule has 0 aliphatic heterocycles. The van der Waals surface area contributed by atoms with Crippen LogP contribution < -0.4 is 5.73 Å². The van der Waals surface area contributed by atoms with Crippen LogP contribution in [0.25, 0.3) is 0 Å². The van der Waals surface area contributed by atoms with Crippen LogP contribution in [0, 0.1) is 6.92 Å². The van der Waals surface area contributed by atoms with Gasteiger partial charge in [0, 0.05) is 4.88 Å². The van der Waals surface area contributed by atoms with Crippen LogP contribution in [0.5, 0.6) is 5.75 Å². The summed E-state index contributed by atoms with van der Waals surface area (Å²) in [4.78, 5) is 11.6. The molecule has 10 heavy (non-hydrogen) atoms. The molecule has 0 spiro atoms. The Hall–Kier alpha value is -1.03. The summed E-state index contributed by atoms with van der Waals surface area (Å²) in [5.74, 6) is -0.592. The lowest BCUT2D eigenvalue weighted by Crippen LogP contribution is -2.08. The third-order valence-corrected chi connectivity index (χ3v) is 2.11. The van der Waals surface area contributed by atoms with E-state index in [1.54, 1.807) is 6.92 Å². The molecule has 1 aromatic rings. The Balaban J connectivity index is 3.15. The standard InChI is InChI=1S/C6H7NO2S/c1-3-2-4(8)5(10-3)6(7)9/h2,8H,1H3,(H2,7,9).